The summed E-state index contributed by atoms with van der Waals surface area (Å²) in [7, 11) is 0. The maximum Gasteiger partial charge on any atom is 0.0685 e. The first kappa shape index (κ1) is 3.08. The number of ether oxygens (including phenoxy) is 1. The summed E-state index contributed by atoms with van der Waals surface area (Å²) in [4.78, 5) is 0. The van der Waals surface area contributed by atoms with Crippen LogP contribution in [0.4, 0.5) is 0 Å². The summed E-state index contributed by atoms with van der Waals surface area (Å²) in [5.41, 5.74) is 0.229. The van der Waals surface area contributed by atoms with Crippen LogP contribution in [0.2, 0.25) is 0 Å². The van der Waals surface area contributed by atoms with Crippen molar-refractivity contribution in [3.63, 3.8) is 0 Å². The summed E-state index contributed by atoms with van der Waals surface area (Å²) in [5, 5.41) is 0. The van der Waals surface area contributed by atoms with Gasteiger partial charge in [0, 0.05) is 7.98 Å². The van der Waals surface area contributed by atoms with E-state index < -0.39 is 0 Å². The molecule has 1 unspecified atom stereocenters. The SMILES string of the molecule is [2H]C1COC2(CC2)C1. The van der Waals surface area contributed by atoms with Crippen molar-refractivity contribution in [2.75, 3.05) is 6.61 Å². The maximum atomic E-state index is 7.30. The van der Waals surface area contributed by atoms with E-state index in [0.29, 0.717) is 6.61 Å². The summed E-state index contributed by atoms with van der Waals surface area (Å²) in [5.74, 6) is 0. The topological polar surface area (TPSA) is 9.23 Å². The first-order valence-electron chi connectivity index (χ1n) is 3.45. The molecule has 0 amide bonds. The van der Waals surface area contributed by atoms with Crippen molar-refractivity contribution in [3.8, 4) is 0 Å². The van der Waals surface area contributed by atoms with Gasteiger partial charge in [-0.05, 0) is 25.7 Å². The Balaban J connectivity index is 2.03. The molecule has 0 aromatic heterocycles. The van der Waals surface area contributed by atoms with Gasteiger partial charge in [0.15, 0.2) is 0 Å². The lowest BCUT2D eigenvalue weighted by Gasteiger charge is -2.00. The summed E-state index contributed by atoms with van der Waals surface area (Å²) < 4.78 is 12.7. The van der Waals surface area contributed by atoms with E-state index in [0.717, 1.165) is 6.42 Å². The average molecular weight is 99.2 g/mol. The van der Waals surface area contributed by atoms with Gasteiger partial charge in [0.1, 0.15) is 0 Å². The monoisotopic (exact) mass is 99.1 g/mol. The Morgan fingerprint density at radius 2 is 2.29 bits per heavy atom. The molecule has 2 rings (SSSR count). The zero-order valence-electron chi connectivity index (χ0n) is 5.31. The van der Waals surface area contributed by atoms with Crippen molar-refractivity contribution in [3.05, 3.63) is 0 Å². The fourth-order valence-electron chi connectivity index (χ4n) is 1.10. The highest BCUT2D eigenvalue weighted by Crippen LogP contribution is 2.46. The van der Waals surface area contributed by atoms with E-state index in [1.54, 1.807) is 0 Å². The van der Waals surface area contributed by atoms with Crippen LogP contribution in [0.15, 0.2) is 0 Å². The van der Waals surface area contributed by atoms with Crippen LogP contribution in [0.1, 0.15) is 27.0 Å². The highest BCUT2D eigenvalue weighted by Gasteiger charge is 2.46. The normalized spacial score (nSPS) is 46.9. The molecule has 1 atom stereocenters. The molecule has 2 fully saturated rings. The number of hydrogen-bond donors (Lipinski definition) is 0. The Bertz CT molecular complexity index is 109. The highest BCUT2D eigenvalue weighted by atomic mass is 16.5. The van der Waals surface area contributed by atoms with Gasteiger partial charge in [0.2, 0.25) is 0 Å². The molecule has 1 saturated carbocycles. The maximum absolute atomic E-state index is 7.30. The van der Waals surface area contributed by atoms with E-state index >= 15 is 0 Å². The minimum atomic E-state index is 0.0810. The van der Waals surface area contributed by atoms with Gasteiger partial charge in [-0.1, -0.05) is 0 Å². The molecular formula is C6H10O. The molecule has 0 N–H and O–H groups in total. The van der Waals surface area contributed by atoms with E-state index in [2.05, 4.69) is 0 Å². The molecular weight excluding hydrogens is 88.1 g/mol. The largest absolute Gasteiger partial charge is 0.375 e. The lowest BCUT2D eigenvalue weighted by Crippen LogP contribution is -2.02. The number of hydrogen-bond acceptors (Lipinski definition) is 1. The van der Waals surface area contributed by atoms with Crippen molar-refractivity contribution in [2.45, 2.75) is 31.3 Å². The third-order valence-electron chi connectivity index (χ3n) is 1.83. The quantitative estimate of drug-likeness (QED) is 0.445. The van der Waals surface area contributed by atoms with E-state index in [4.69, 9.17) is 6.11 Å². The average Bonchev–Trinajstić information content (AvgIpc) is 2.34. The first-order valence-corrected chi connectivity index (χ1v) is 2.87. The van der Waals surface area contributed by atoms with Gasteiger partial charge < -0.3 is 4.74 Å². The minimum Gasteiger partial charge on any atom is -0.375 e. The molecule has 1 heteroatoms. The van der Waals surface area contributed by atoms with E-state index in [1.807, 2.05) is 0 Å². The van der Waals surface area contributed by atoms with Crippen molar-refractivity contribution < 1.29 is 6.11 Å². The second kappa shape index (κ2) is 1.03. The van der Waals surface area contributed by atoms with Crippen LogP contribution >= 0.6 is 0 Å². The third-order valence-corrected chi connectivity index (χ3v) is 1.83. The molecule has 1 heterocycles. The third kappa shape index (κ3) is 0.480. The Labute approximate surface area is 45.1 Å². The summed E-state index contributed by atoms with van der Waals surface area (Å²) >= 11 is 0. The van der Waals surface area contributed by atoms with Crippen molar-refractivity contribution in [1.82, 2.24) is 0 Å². The zero-order chi connectivity index (χ0) is 5.61. The molecule has 1 aliphatic carbocycles. The van der Waals surface area contributed by atoms with Crippen LogP contribution in [0, 0.1) is 0 Å². The fourth-order valence-corrected chi connectivity index (χ4v) is 1.10. The van der Waals surface area contributed by atoms with Crippen LogP contribution in [-0.4, -0.2) is 12.2 Å². The van der Waals surface area contributed by atoms with Gasteiger partial charge in [-0.25, -0.2) is 0 Å². The van der Waals surface area contributed by atoms with E-state index in [1.165, 1.54) is 12.8 Å². The molecule has 0 radical (unpaired) electrons. The molecule has 0 bridgehead atoms. The molecule has 0 aromatic rings. The molecule has 1 aliphatic heterocycles. The molecule has 1 saturated heterocycles. The van der Waals surface area contributed by atoms with Gasteiger partial charge >= 0.3 is 0 Å². The predicted octanol–water partition coefficient (Wildman–Crippen LogP) is 1.33. The fraction of sp³-hybridized carbons (Fsp3) is 1.00. The van der Waals surface area contributed by atoms with Crippen LogP contribution in [0.5, 0.6) is 0 Å². The second-order valence-corrected chi connectivity index (χ2v) is 2.49. The van der Waals surface area contributed by atoms with Crippen LogP contribution in [0.25, 0.3) is 0 Å². The highest BCUT2D eigenvalue weighted by molar-refractivity contribution is 4.98. The van der Waals surface area contributed by atoms with Crippen LogP contribution in [0.3, 0.4) is 0 Å². The Kier molecular flexibility index (Phi) is 0.451. The molecule has 1 nitrogen and oxygen atoms in total. The molecule has 2 aliphatic rings. The van der Waals surface area contributed by atoms with Crippen LogP contribution in [-0.2, 0) is 4.74 Å². The van der Waals surface area contributed by atoms with Crippen molar-refractivity contribution in [1.29, 1.82) is 0 Å². The van der Waals surface area contributed by atoms with E-state index in [9.17, 15) is 0 Å². The number of rotatable bonds is 0. The smallest absolute Gasteiger partial charge is 0.0685 e. The van der Waals surface area contributed by atoms with Crippen LogP contribution < -0.4 is 0 Å². The summed E-state index contributed by atoms with van der Waals surface area (Å²) in [6.07, 6.45) is 3.50. The van der Waals surface area contributed by atoms with Gasteiger partial charge in [0.05, 0.1) is 5.60 Å². The summed E-state index contributed by atoms with van der Waals surface area (Å²) in [6.45, 7) is 0.681. The minimum absolute atomic E-state index is 0.0810. The Morgan fingerprint density at radius 1 is 1.43 bits per heavy atom. The molecule has 7 heavy (non-hydrogen) atoms. The summed E-state index contributed by atoms with van der Waals surface area (Å²) in [6, 6.07) is 0. The molecule has 40 valence electrons. The predicted molar refractivity (Wildman–Crippen MR) is 27.2 cm³/mol. The van der Waals surface area contributed by atoms with Crippen molar-refractivity contribution >= 4 is 0 Å². The Hall–Kier alpha value is -0.0400. The molecule has 0 aromatic carbocycles. The van der Waals surface area contributed by atoms with Gasteiger partial charge in [0.25, 0.3) is 0 Å². The van der Waals surface area contributed by atoms with E-state index in [-0.39, 0.29) is 12.0 Å². The van der Waals surface area contributed by atoms with Gasteiger partial charge in [-0.2, -0.15) is 0 Å². The molecule has 1 spiro atoms. The first-order chi connectivity index (χ1) is 3.81. The Morgan fingerprint density at radius 3 is 2.57 bits per heavy atom. The van der Waals surface area contributed by atoms with Crippen molar-refractivity contribution in [2.24, 2.45) is 0 Å². The van der Waals surface area contributed by atoms with Gasteiger partial charge in [-0.3, -0.25) is 0 Å². The van der Waals surface area contributed by atoms with Gasteiger partial charge in [-0.15, -0.1) is 0 Å². The zero-order valence-corrected chi connectivity index (χ0v) is 4.31. The lowest BCUT2D eigenvalue weighted by molar-refractivity contribution is 0.0909. The second-order valence-electron chi connectivity index (χ2n) is 2.49. The lowest BCUT2D eigenvalue weighted by atomic mass is 10.2. The standard InChI is InChI=1S/C6H10O/c1-2-6(3-4-6)7-5-1/h1-5H2/i1D.